The number of carboxylic acids is 1. The third-order valence-corrected chi connectivity index (χ3v) is 3.32. The average molecular weight is 272 g/mol. The van der Waals surface area contributed by atoms with Gasteiger partial charge < -0.3 is 20.1 Å². The lowest BCUT2D eigenvalue weighted by Gasteiger charge is -2.29. The van der Waals surface area contributed by atoms with Gasteiger partial charge in [0.05, 0.1) is 19.3 Å². The number of hydrogen-bond acceptors (Lipinski definition) is 4. The van der Waals surface area contributed by atoms with Gasteiger partial charge in [-0.25, -0.2) is 0 Å². The summed E-state index contributed by atoms with van der Waals surface area (Å²) in [5.74, 6) is -1.52. The fourth-order valence-corrected chi connectivity index (χ4v) is 2.29. The zero-order valence-electron chi connectivity index (χ0n) is 11.9. The SMILES string of the molecule is CCN(C(=O)CCNC(C)C)C1COCC1C(=O)O. The van der Waals surface area contributed by atoms with E-state index in [2.05, 4.69) is 5.32 Å². The zero-order chi connectivity index (χ0) is 14.4. The molecule has 1 saturated heterocycles. The minimum Gasteiger partial charge on any atom is -0.481 e. The van der Waals surface area contributed by atoms with Gasteiger partial charge in [-0.05, 0) is 6.92 Å². The van der Waals surface area contributed by atoms with Crippen molar-refractivity contribution in [2.24, 2.45) is 5.92 Å². The molecule has 1 aliphatic rings. The van der Waals surface area contributed by atoms with E-state index in [-0.39, 0.29) is 18.6 Å². The van der Waals surface area contributed by atoms with Gasteiger partial charge in [0.25, 0.3) is 0 Å². The number of rotatable bonds is 7. The molecule has 0 aliphatic carbocycles. The molecule has 2 unspecified atom stereocenters. The molecule has 19 heavy (non-hydrogen) atoms. The molecule has 2 N–H and O–H groups in total. The Morgan fingerprint density at radius 3 is 2.63 bits per heavy atom. The van der Waals surface area contributed by atoms with Crippen LogP contribution in [0.4, 0.5) is 0 Å². The molecule has 0 aromatic carbocycles. The molecule has 1 heterocycles. The van der Waals surface area contributed by atoms with Gasteiger partial charge in [0.2, 0.25) is 5.91 Å². The van der Waals surface area contributed by atoms with Crippen molar-refractivity contribution < 1.29 is 19.4 Å². The third-order valence-electron chi connectivity index (χ3n) is 3.32. The maximum absolute atomic E-state index is 12.1. The maximum Gasteiger partial charge on any atom is 0.311 e. The summed E-state index contributed by atoms with van der Waals surface area (Å²) in [6.07, 6.45) is 0.384. The number of likely N-dealkylation sites (N-methyl/N-ethyl adjacent to an activating group) is 1. The maximum atomic E-state index is 12.1. The van der Waals surface area contributed by atoms with Gasteiger partial charge in [-0.15, -0.1) is 0 Å². The van der Waals surface area contributed by atoms with Crippen LogP contribution in [0.25, 0.3) is 0 Å². The van der Waals surface area contributed by atoms with Crippen LogP contribution in [-0.2, 0) is 14.3 Å². The molecular formula is C13H24N2O4. The van der Waals surface area contributed by atoms with Crippen molar-refractivity contribution in [3.8, 4) is 0 Å². The van der Waals surface area contributed by atoms with E-state index in [0.29, 0.717) is 32.2 Å². The molecule has 1 aliphatic heterocycles. The van der Waals surface area contributed by atoms with E-state index in [1.54, 1.807) is 4.90 Å². The summed E-state index contributed by atoms with van der Waals surface area (Å²) < 4.78 is 5.22. The first-order valence-corrected chi connectivity index (χ1v) is 6.80. The van der Waals surface area contributed by atoms with E-state index in [4.69, 9.17) is 9.84 Å². The molecule has 0 radical (unpaired) electrons. The molecule has 1 fully saturated rings. The highest BCUT2D eigenvalue weighted by molar-refractivity contribution is 5.78. The Labute approximate surface area is 114 Å². The molecule has 0 bridgehead atoms. The molecule has 0 spiro atoms. The van der Waals surface area contributed by atoms with Crippen molar-refractivity contribution in [3.63, 3.8) is 0 Å². The summed E-state index contributed by atoms with van der Waals surface area (Å²) >= 11 is 0. The Morgan fingerprint density at radius 2 is 2.11 bits per heavy atom. The van der Waals surface area contributed by atoms with Crippen molar-refractivity contribution in [1.29, 1.82) is 0 Å². The van der Waals surface area contributed by atoms with E-state index in [9.17, 15) is 9.59 Å². The van der Waals surface area contributed by atoms with Crippen LogP contribution in [0.15, 0.2) is 0 Å². The summed E-state index contributed by atoms with van der Waals surface area (Å²) in [7, 11) is 0. The number of carbonyl (C=O) groups excluding carboxylic acids is 1. The molecular weight excluding hydrogens is 248 g/mol. The number of carbonyl (C=O) groups is 2. The number of carboxylic acid groups (broad SMARTS) is 1. The summed E-state index contributed by atoms with van der Waals surface area (Å²) in [6.45, 7) is 7.53. The molecule has 0 aromatic heterocycles. The number of ether oxygens (including phenoxy) is 1. The van der Waals surface area contributed by atoms with Crippen molar-refractivity contribution in [1.82, 2.24) is 10.2 Å². The molecule has 110 valence electrons. The second-order valence-electron chi connectivity index (χ2n) is 5.09. The molecule has 0 aromatic rings. The first-order valence-electron chi connectivity index (χ1n) is 6.80. The summed E-state index contributed by atoms with van der Waals surface area (Å²) in [5.41, 5.74) is 0. The smallest absolute Gasteiger partial charge is 0.311 e. The van der Waals surface area contributed by atoms with Gasteiger partial charge in [-0.1, -0.05) is 13.8 Å². The topological polar surface area (TPSA) is 78.9 Å². The molecule has 6 nitrogen and oxygen atoms in total. The van der Waals surface area contributed by atoms with Crippen LogP contribution in [0.1, 0.15) is 27.2 Å². The highest BCUT2D eigenvalue weighted by Crippen LogP contribution is 2.20. The van der Waals surface area contributed by atoms with E-state index >= 15 is 0 Å². The van der Waals surface area contributed by atoms with Gasteiger partial charge >= 0.3 is 5.97 Å². The summed E-state index contributed by atoms with van der Waals surface area (Å²) in [5, 5.41) is 12.3. The van der Waals surface area contributed by atoms with Crippen molar-refractivity contribution in [3.05, 3.63) is 0 Å². The second-order valence-corrected chi connectivity index (χ2v) is 5.09. The normalized spacial score (nSPS) is 22.7. The first-order chi connectivity index (χ1) is 8.97. The van der Waals surface area contributed by atoms with Gasteiger partial charge in [-0.2, -0.15) is 0 Å². The Morgan fingerprint density at radius 1 is 1.42 bits per heavy atom. The minimum absolute atomic E-state index is 0.0163. The van der Waals surface area contributed by atoms with E-state index in [0.717, 1.165) is 0 Å². The Balaban J connectivity index is 2.56. The molecule has 0 saturated carbocycles. The van der Waals surface area contributed by atoms with Crippen LogP contribution in [0, 0.1) is 5.92 Å². The summed E-state index contributed by atoms with van der Waals surface area (Å²) in [4.78, 5) is 24.9. The number of amides is 1. The quantitative estimate of drug-likeness (QED) is 0.698. The van der Waals surface area contributed by atoms with Gasteiger partial charge in [0, 0.05) is 25.6 Å². The molecule has 1 amide bonds. The Kier molecular flexibility index (Phi) is 6.24. The molecule has 6 heteroatoms. The standard InChI is InChI=1S/C13H24N2O4/c1-4-15(12(16)5-6-14-9(2)3)11-8-19-7-10(11)13(17)18/h9-11,14H,4-8H2,1-3H3,(H,17,18). The lowest BCUT2D eigenvalue weighted by atomic mass is 10.0. The van der Waals surface area contributed by atoms with Crippen LogP contribution in [0.3, 0.4) is 0 Å². The second kappa shape index (κ2) is 7.45. The lowest BCUT2D eigenvalue weighted by molar-refractivity contribution is -0.145. The highest BCUT2D eigenvalue weighted by atomic mass is 16.5. The predicted octanol–water partition coefficient (Wildman–Crippen LogP) is 0.323. The third kappa shape index (κ3) is 4.47. The fourth-order valence-electron chi connectivity index (χ4n) is 2.29. The lowest BCUT2D eigenvalue weighted by Crippen LogP contribution is -2.47. The van der Waals surface area contributed by atoms with Crippen LogP contribution < -0.4 is 5.32 Å². The zero-order valence-corrected chi connectivity index (χ0v) is 11.9. The van der Waals surface area contributed by atoms with E-state index in [1.807, 2.05) is 20.8 Å². The molecule has 1 rings (SSSR count). The number of nitrogens with zero attached hydrogens (tertiary/aromatic N) is 1. The number of aliphatic carboxylic acids is 1. The van der Waals surface area contributed by atoms with Gasteiger partial charge in [0.1, 0.15) is 5.92 Å². The minimum atomic E-state index is -0.894. The molecule has 2 atom stereocenters. The van der Waals surface area contributed by atoms with Crippen LogP contribution >= 0.6 is 0 Å². The Bertz CT molecular complexity index is 320. The van der Waals surface area contributed by atoms with E-state index < -0.39 is 11.9 Å². The van der Waals surface area contributed by atoms with Crippen LogP contribution in [0.2, 0.25) is 0 Å². The predicted molar refractivity (Wildman–Crippen MR) is 70.9 cm³/mol. The van der Waals surface area contributed by atoms with Gasteiger partial charge in [-0.3, -0.25) is 9.59 Å². The number of nitrogens with one attached hydrogen (secondary N) is 1. The first kappa shape index (κ1) is 15.9. The number of hydrogen-bond donors (Lipinski definition) is 2. The van der Waals surface area contributed by atoms with Crippen LogP contribution in [0.5, 0.6) is 0 Å². The average Bonchev–Trinajstić information content (AvgIpc) is 2.78. The van der Waals surface area contributed by atoms with E-state index in [1.165, 1.54) is 0 Å². The van der Waals surface area contributed by atoms with Gasteiger partial charge in [0.15, 0.2) is 0 Å². The van der Waals surface area contributed by atoms with Crippen molar-refractivity contribution >= 4 is 11.9 Å². The fraction of sp³-hybridized carbons (Fsp3) is 0.846. The van der Waals surface area contributed by atoms with Crippen molar-refractivity contribution in [2.75, 3.05) is 26.3 Å². The monoisotopic (exact) mass is 272 g/mol. The highest BCUT2D eigenvalue weighted by Gasteiger charge is 2.39. The largest absolute Gasteiger partial charge is 0.481 e. The summed E-state index contributed by atoms with van der Waals surface area (Å²) in [6, 6.07) is -0.00138. The van der Waals surface area contributed by atoms with Crippen LogP contribution in [-0.4, -0.2) is 60.3 Å². The van der Waals surface area contributed by atoms with Crippen molar-refractivity contribution in [2.45, 2.75) is 39.3 Å². The Hall–Kier alpha value is -1.14.